The third-order valence-corrected chi connectivity index (χ3v) is 2.97. The highest BCUT2D eigenvalue weighted by molar-refractivity contribution is 5.86. The Labute approximate surface area is 115 Å². The molecule has 0 aliphatic carbocycles. The van der Waals surface area contributed by atoms with Crippen LogP contribution in [0.2, 0.25) is 0 Å². The lowest BCUT2D eigenvalue weighted by Crippen LogP contribution is -1.87. The van der Waals surface area contributed by atoms with Crippen LogP contribution in [0.5, 0.6) is 0 Å². The molecule has 19 heavy (non-hydrogen) atoms. The van der Waals surface area contributed by atoms with Gasteiger partial charge in [0.2, 0.25) is 0 Å². The molecule has 2 rings (SSSR count). The number of benzene rings is 2. The summed E-state index contributed by atoms with van der Waals surface area (Å²) in [6.07, 6.45) is 8.04. The second-order valence-electron chi connectivity index (χ2n) is 4.27. The van der Waals surface area contributed by atoms with E-state index in [1.807, 2.05) is 25.1 Å². The van der Waals surface area contributed by atoms with E-state index in [-0.39, 0.29) is 0 Å². The molecule has 0 nitrogen and oxygen atoms in total. The van der Waals surface area contributed by atoms with Crippen molar-refractivity contribution in [1.29, 1.82) is 0 Å². The predicted molar refractivity (Wildman–Crippen MR) is 84.9 cm³/mol. The molecule has 0 fully saturated rings. The fourth-order valence-electron chi connectivity index (χ4n) is 2.15. The van der Waals surface area contributed by atoms with Gasteiger partial charge < -0.3 is 0 Å². The van der Waals surface area contributed by atoms with Crippen LogP contribution in [-0.2, 0) is 0 Å². The fraction of sp³-hybridized carbons (Fsp3) is 0.0526. The van der Waals surface area contributed by atoms with E-state index in [0.29, 0.717) is 0 Å². The minimum atomic E-state index is 1.18. The average molecular weight is 246 g/mol. The van der Waals surface area contributed by atoms with Crippen molar-refractivity contribution in [2.75, 3.05) is 0 Å². The molecule has 0 heterocycles. The predicted octanol–water partition coefficient (Wildman–Crippen LogP) is 5.50. The first-order chi connectivity index (χ1) is 9.36. The molecule has 0 radical (unpaired) electrons. The van der Waals surface area contributed by atoms with E-state index in [4.69, 9.17) is 0 Å². The van der Waals surface area contributed by atoms with Gasteiger partial charge in [-0.05, 0) is 29.2 Å². The highest BCUT2D eigenvalue weighted by atomic mass is 14.1. The summed E-state index contributed by atoms with van der Waals surface area (Å²) in [6, 6.07) is 18.9. The number of hydrogen-bond donors (Lipinski definition) is 0. The third-order valence-electron chi connectivity index (χ3n) is 2.97. The molecule has 0 N–H and O–H groups in total. The summed E-state index contributed by atoms with van der Waals surface area (Å²) in [6.45, 7) is 5.83. The first kappa shape index (κ1) is 13.1. The van der Waals surface area contributed by atoms with Crippen LogP contribution in [0.15, 0.2) is 85.5 Å². The molecule has 0 aromatic heterocycles. The second kappa shape index (κ2) is 6.55. The molecule has 0 unspecified atom stereocenters. The molecular weight excluding hydrogens is 228 g/mol. The minimum Gasteiger partial charge on any atom is -0.0990 e. The Morgan fingerprint density at radius 3 is 2.32 bits per heavy atom. The van der Waals surface area contributed by atoms with E-state index in [0.717, 1.165) is 0 Å². The maximum Gasteiger partial charge on any atom is -0.0105 e. The third kappa shape index (κ3) is 3.11. The molecule has 0 spiro atoms. The molecule has 0 aliphatic heterocycles. The molecule has 0 amide bonds. The highest BCUT2D eigenvalue weighted by Gasteiger charge is 2.06. The molecule has 0 aliphatic rings. The average Bonchev–Trinajstić information content (AvgIpc) is 2.48. The van der Waals surface area contributed by atoms with E-state index < -0.39 is 0 Å². The van der Waals surface area contributed by atoms with Gasteiger partial charge in [-0.3, -0.25) is 0 Å². The summed E-state index contributed by atoms with van der Waals surface area (Å²) < 4.78 is 0. The monoisotopic (exact) mass is 246 g/mol. The van der Waals surface area contributed by atoms with Gasteiger partial charge in [0.1, 0.15) is 0 Å². The van der Waals surface area contributed by atoms with Gasteiger partial charge in [-0.25, -0.2) is 0 Å². The van der Waals surface area contributed by atoms with Crippen molar-refractivity contribution < 1.29 is 0 Å². The van der Waals surface area contributed by atoms with Crippen LogP contribution in [0, 0.1) is 0 Å². The van der Waals surface area contributed by atoms with Crippen molar-refractivity contribution in [2.24, 2.45) is 0 Å². The van der Waals surface area contributed by atoms with E-state index in [1.165, 1.54) is 22.3 Å². The van der Waals surface area contributed by atoms with Crippen LogP contribution in [0.25, 0.3) is 16.7 Å². The van der Waals surface area contributed by atoms with Crippen LogP contribution in [0.1, 0.15) is 12.5 Å². The van der Waals surface area contributed by atoms with Crippen LogP contribution in [0.4, 0.5) is 0 Å². The molecule has 94 valence electrons. The topological polar surface area (TPSA) is 0 Å². The van der Waals surface area contributed by atoms with Crippen LogP contribution in [0.3, 0.4) is 0 Å². The van der Waals surface area contributed by atoms with E-state index in [2.05, 4.69) is 67.3 Å². The van der Waals surface area contributed by atoms with Crippen molar-refractivity contribution in [3.63, 3.8) is 0 Å². The van der Waals surface area contributed by atoms with Gasteiger partial charge in [0.25, 0.3) is 0 Å². The fourth-order valence-corrected chi connectivity index (χ4v) is 2.15. The van der Waals surface area contributed by atoms with Gasteiger partial charge in [0.15, 0.2) is 0 Å². The standard InChI is InChI=1S/C19H18/c1-3-10-16(11-4-2)18-14-8-9-15-19(18)17-12-6-5-7-13-17/h3-15H,1H2,2H3/b11-4-,16-10+. The Hall–Kier alpha value is -2.34. The summed E-state index contributed by atoms with van der Waals surface area (Å²) in [5, 5.41) is 0. The zero-order chi connectivity index (χ0) is 13.5. The van der Waals surface area contributed by atoms with E-state index in [1.54, 1.807) is 0 Å². The number of allylic oxidation sites excluding steroid dienone is 5. The second-order valence-corrected chi connectivity index (χ2v) is 4.27. The SMILES string of the molecule is C=C/C=C(\C=C/C)c1ccccc1-c1ccccc1. The minimum absolute atomic E-state index is 1.18. The Morgan fingerprint density at radius 1 is 0.947 bits per heavy atom. The van der Waals surface area contributed by atoms with Crippen LogP contribution < -0.4 is 0 Å². The van der Waals surface area contributed by atoms with Crippen LogP contribution in [-0.4, -0.2) is 0 Å². The maximum atomic E-state index is 3.80. The maximum absolute atomic E-state index is 3.80. The molecule has 0 saturated carbocycles. The normalized spacial score (nSPS) is 11.7. The molecule has 0 bridgehead atoms. The summed E-state index contributed by atoms with van der Waals surface area (Å²) in [4.78, 5) is 0. The molecule has 0 heteroatoms. The lowest BCUT2D eigenvalue weighted by atomic mass is 9.94. The van der Waals surface area contributed by atoms with Gasteiger partial charge in [-0.2, -0.15) is 0 Å². The molecule has 2 aromatic rings. The summed E-state index contributed by atoms with van der Waals surface area (Å²) in [5.41, 5.74) is 4.88. The Kier molecular flexibility index (Phi) is 4.52. The highest BCUT2D eigenvalue weighted by Crippen LogP contribution is 2.29. The molecular formula is C19H18. The summed E-state index contributed by atoms with van der Waals surface area (Å²) in [5.74, 6) is 0. The molecule has 0 saturated heterocycles. The van der Waals surface area contributed by atoms with Gasteiger partial charge in [-0.15, -0.1) is 0 Å². The Bertz CT molecular complexity index is 601. The number of rotatable bonds is 4. The van der Waals surface area contributed by atoms with Gasteiger partial charge >= 0.3 is 0 Å². The van der Waals surface area contributed by atoms with Crippen molar-refractivity contribution >= 4 is 5.57 Å². The first-order valence-electron chi connectivity index (χ1n) is 6.47. The van der Waals surface area contributed by atoms with Gasteiger partial charge in [-0.1, -0.05) is 85.5 Å². The van der Waals surface area contributed by atoms with Crippen molar-refractivity contribution in [1.82, 2.24) is 0 Å². The Balaban J connectivity index is 2.59. The zero-order valence-corrected chi connectivity index (χ0v) is 11.2. The summed E-state index contributed by atoms with van der Waals surface area (Å²) >= 11 is 0. The van der Waals surface area contributed by atoms with Crippen molar-refractivity contribution in [2.45, 2.75) is 6.92 Å². The molecule has 2 aromatic carbocycles. The first-order valence-corrected chi connectivity index (χ1v) is 6.47. The van der Waals surface area contributed by atoms with Crippen LogP contribution >= 0.6 is 0 Å². The summed E-state index contributed by atoms with van der Waals surface area (Å²) in [7, 11) is 0. The Morgan fingerprint density at radius 2 is 1.63 bits per heavy atom. The van der Waals surface area contributed by atoms with Crippen molar-refractivity contribution in [3.8, 4) is 11.1 Å². The van der Waals surface area contributed by atoms with Gasteiger partial charge in [0.05, 0.1) is 0 Å². The van der Waals surface area contributed by atoms with Gasteiger partial charge in [0, 0.05) is 0 Å². The van der Waals surface area contributed by atoms with Crippen molar-refractivity contribution in [3.05, 3.63) is 91.0 Å². The number of hydrogen-bond acceptors (Lipinski definition) is 0. The van der Waals surface area contributed by atoms with E-state index >= 15 is 0 Å². The smallest absolute Gasteiger partial charge is 0.0105 e. The van der Waals surface area contributed by atoms with E-state index in [9.17, 15) is 0 Å². The largest absolute Gasteiger partial charge is 0.0990 e. The lowest BCUT2D eigenvalue weighted by Gasteiger charge is -2.10. The quantitative estimate of drug-likeness (QED) is 0.625. The zero-order valence-electron chi connectivity index (χ0n) is 11.2. The molecule has 0 atom stereocenters. The lowest BCUT2D eigenvalue weighted by molar-refractivity contribution is 1.56.